The lowest BCUT2D eigenvalue weighted by molar-refractivity contribution is 0.102. The summed E-state index contributed by atoms with van der Waals surface area (Å²) in [5.74, 6) is 0.832. The van der Waals surface area contributed by atoms with E-state index in [0.717, 1.165) is 5.56 Å². The zero-order valence-corrected chi connectivity index (χ0v) is 11.9. The molecule has 0 bridgehead atoms. The van der Waals surface area contributed by atoms with Crippen LogP contribution in [0, 0.1) is 0 Å². The Bertz CT molecular complexity index is 595. The molecule has 20 heavy (non-hydrogen) atoms. The normalized spacial score (nSPS) is 10.4. The fourth-order valence-corrected chi connectivity index (χ4v) is 1.87. The molecule has 0 unspecified atom stereocenters. The molecular weight excluding hydrogens is 252 g/mol. The first-order valence-electron chi connectivity index (χ1n) is 6.51. The minimum atomic E-state index is -0.197. The number of hydrogen-bond donors (Lipinski definition) is 1. The molecule has 4 heteroatoms. The van der Waals surface area contributed by atoms with E-state index < -0.39 is 0 Å². The van der Waals surface area contributed by atoms with Gasteiger partial charge in [-0.1, -0.05) is 19.9 Å². The van der Waals surface area contributed by atoms with Gasteiger partial charge in [0.1, 0.15) is 5.75 Å². The largest absolute Gasteiger partial charge is 0.495 e. The second-order valence-electron chi connectivity index (χ2n) is 4.81. The van der Waals surface area contributed by atoms with Crippen molar-refractivity contribution in [2.45, 2.75) is 19.8 Å². The molecule has 1 amide bonds. The molecule has 0 aliphatic carbocycles. The van der Waals surface area contributed by atoms with Crippen LogP contribution in [0.25, 0.3) is 0 Å². The quantitative estimate of drug-likeness (QED) is 0.925. The Labute approximate surface area is 118 Å². The monoisotopic (exact) mass is 270 g/mol. The summed E-state index contributed by atoms with van der Waals surface area (Å²) in [6.45, 7) is 4.21. The standard InChI is InChI=1S/C16H18N2O2/c1-11(2)12-6-7-15(20-3)14(9-12)18-16(19)13-5-4-8-17-10-13/h4-11H,1-3H3,(H,18,19). The van der Waals surface area contributed by atoms with Crippen LogP contribution in [0.4, 0.5) is 5.69 Å². The number of nitrogens with one attached hydrogen (secondary N) is 1. The highest BCUT2D eigenvalue weighted by molar-refractivity contribution is 6.04. The molecule has 2 rings (SSSR count). The molecule has 0 fully saturated rings. The van der Waals surface area contributed by atoms with E-state index in [2.05, 4.69) is 24.1 Å². The van der Waals surface area contributed by atoms with Crippen LogP contribution in [-0.2, 0) is 0 Å². The summed E-state index contributed by atoms with van der Waals surface area (Å²) >= 11 is 0. The number of nitrogens with zero attached hydrogens (tertiary/aromatic N) is 1. The van der Waals surface area contributed by atoms with Gasteiger partial charge in [0.25, 0.3) is 5.91 Å². The first-order chi connectivity index (χ1) is 9.61. The Kier molecular flexibility index (Phi) is 4.35. The molecule has 1 heterocycles. The summed E-state index contributed by atoms with van der Waals surface area (Å²) in [6.07, 6.45) is 3.17. The third kappa shape index (κ3) is 3.15. The smallest absolute Gasteiger partial charge is 0.257 e. The fourth-order valence-electron chi connectivity index (χ4n) is 1.87. The van der Waals surface area contributed by atoms with Gasteiger partial charge < -0.3 is 10.1 Å². The van der Waals surface area contributed by atoms with E-state index in [-0.39, 0.29) is 5.91 Å². The molecule has 1 N–H and O–H groups in total. The molecule has 0 spiro atoms. The second-order valence-corrected chi connectivity index (χ2v) is 4.81. The summed E-state index contributed by atoms with van der Waals surface area (Å²) < 4.78 is 5.29. The maximum absolute atomic E-state index is 12.2. The van der Waals surface area contributed by atoms with Gasteiger partial charge in [-0.2, -0.15) is 0 Å². The highest BCUT2D eigenvalue weighted by atomic mass is 16.5. The average Bonchev–Trinajstić information content (AvgIpc) is 2.48. The van der Waals surface area contributed by atoms with E-state index in [1.54, 1.807) is 25.4 Å². The van der Waals surface area contributed by atoms with Gasteiger partial charge in [-0.25, -0.2) is 0 Å². The Morgan fingerprint density at radius 3 is 2.70 bits per heavy atom. The lowest BCUT2D eigenvalue weighted by atomic mass is 10.0. The topological polar surface area (TPSA) is 51.2 Å². The van der Waals surface area contributed by atoms with Crippen LogP contribution < -0.4 is 10.1 Å². The molecule has 0 radical (unpaired) electrons. The molecule has 1 aromatic heterocycles. The van der Waals surface area contributed by atoms with Gasteiger partial charge in [0, 0.05) is 12.4 Å². The van der Waals surface area contributed by atoms with Crippen LogP contribution in [0.5, 0.6) is 5.75 Å². The summed E-state index contributed by atoms with van der Waals surface area (Å²) in [6, 6.07) is 9.27. The van der Waals surface area contributed by atoms with Crippen molar-refractivity contribution in [2.24, 2.45) is 0 Å². The predicted octanol–water partition coefficient (Wildman–Crippen LogP) is 3.47. The Morgan fingerprint density at radius 1 is 1.30 bits per heavy atom. The van der Waals surface area contributed by atoms with Crippen LogP contribution >= 0.6 is 0 Å². The van der Waals surface area contributed by atoms with E-state index >= 15 is 0 Å². The minimum Gasteiger partial charge on any atom is -0.495 e. The maximum Gasteiger partial charge on any atom is 0.257 e. The summed E-state index contributed by atoms with van der Waals surface area (Å²) in [5, 5.41) is 2.87. The number of anilines is 1. The fraction of sp³-hybridized carbons (Fsp3) is 0.250. The molecule has 0 aliphatic rings. The Hall–Kier alpha value is -2.36. The van der Waals surface area contributed by atoms with Crippen molar-refractivity contribution in [1.29, 1.82) is 0 Å². The first-order valence-corrected chi connectivity index (χ1v) is 6.51. The van der Waals surface area contributed by atoms with Crippen molar-refractivity contribution in [3.05, 3.63) is 53.9 Å². The molecule has 1 aromatic carbocycles. The Morgan fingerprint density at radius 2 is 2.10 bits per heavy atom. The third-order valence-corrected chi connectivity index (χ3v) is 3.06. The van der Waals surface area contributed by atoms with Crippen molar-refractivity contribution >= 4 is 11.6 Å². The number of benzene rings is 1. The van der Waals surface area contributed by atoms with Crippen LogP contribution in [0.1, 0.15) is 35.7 Å². The van der Waals surface area contributed by atoms with Crippen LogP contribution in [0.15, 0.2) is 42.7 Å². The Balaban J connectivity index is 2.28. The summed E-state index contributed by atoms with van der Waals surface area (Å²) in [4.78, 5) is 16.1. The minimum absolute atomic E-state index is 0.197. The van der Waals surface area contributed by atoms with Crippen molar-refractivity contribution in [3.8, 4) is 5.75 Å². The van der Waals surface area contributed by atoms with Gasteiger partial charge >= 0.3 is 0 Å². The van der Waals surface area contributed by atoms with Gasteiger partial charge in [-0.05, 0) is 35.7 Å². The molecule has 0 saturated heterocycles. The zero-order valence-electron chi connectivity index (χ0n) is 11.9. The molecule has 0 atom stereocenters. The number of carbonyl (C=O) groups is 1. The number of methoxy groups -OCH3 is 1. The van der Waals surface area contributed by atoms with Crippen molar-refractivity contribution in [2.75, 3.05) is 12.4 Å². The lowest BCUT2D eigenvalue weighted by Crippen LogP contribution is -2.13. The van der Waals surface area contributed by atoms with Gasteiger partial charge in [-0.3, -0.25) is 9.78 Å². The molecule has 0 saturated carbocycles. The SMILES string of the molecule is COc1ccc(C(C)C)cc1NC(=O)c1cccnc1. The van der Waals surface area contributed by atoms with Crippen molar-refractivity contribution < 1.29 is 9.53 Å². The molecular formula is C16H18N2O2. The molecule has 0 aliphatic heterocycles. The van der Waals surface area contributed by atoms with E-state index in [1.807, 2.05) is 18.2 Å². The zero-order chi connectivity index (χ0) is 14.5. The number of rotatable bonds is 4. The van der Waals surface area contributed by atoms with E-state index in [4.69, 9.17) is 4.74 Å². The lowest BCUT2D eigenvalue weighted by Gasteiger charge is -2.13. The van der Waals surface area contributed by atoms with Gasteiger partial charge in [0.2, 0.25) is 0 Å². The highest BCUT2D eigenvalue weighted by Crippen LogP contribution is 2.28. The summed E-state index contributed by atoms with van der Waals surface area (Å²) in [5.41, 5.74) is 2.34. The number of carbonyl (C=O) groups excluding carboxylic acids is 1. The molecule has 104 valence electrons. The molecule has 2 aromatic rings. The number of amides is 1. The van der Waals surface area contributed by atoms with Crippen molar-refractivity contribution in [1.82, 2.24) is 4.98 Å². The number of pyridine rings is 1. The van der Waals surface area contributed by atoms with Gasteiger partial charge in [0.05, 0.1) is 18.4 Å². The molecule has 4 nitrogen and oxygen atoms in total. The highest BCUT2D eigenvalue weighted by Gasteiger charge is 2.11. The second kappa shape index (κ2) is 6.19. The van der Waals surface area contributed by atoms with Gasteiger partial charge in [-0.15, -0.1) is 0 Å². The van der Waals surface area contributed by atoms with E-state index in [9.17, 15) is 4.79 Å². The predicted molar refractivity (Wildman–Crippen MR) is 79.3 cm³/mol. The number of hydrogen-bond acceptors (Lipinski definition) is 3. The van der Waals surface area contributed by atoms with Crippen LogP contribution in [0.2, 0.25) is 0 Å². The van der Waals surface area contributed by atoms with E-state index in [1.165, 1.54) is 6.20 Å². The number of ether oxygens (including phenoxy) is 1. The average molecular weight is 270 g/mol. The van der Waals surface area contributed by atoms with Crippen LogP contribution in [-0.4, -0.2) is 18.0 Å². The van der Waals surface area contributed by atoms with Crippen LogP contribution in [0.3, 0.4) is 0 Å². The van der Waals surface area contributed by atoms with Crippen molar-refractivity contribution in [3.63, 3.8) is 0 Å². The first kappa shape index (κ1) is 14.1. The third-order valence-electron chi connectivity index (χ3n) is 3.06. The number of aromatic nitrogens is 1. The van der Waals surface area contributed by atoms with E-state index in [0.29, 0.717) is 22.9 Å². The van der Waals surface area contributed by atoms with Gasteiger partial charge in [0.15, 0.2) is 0 Å². The maximum atomic E-state index is 12.2. The summed E-state index contributed by atoms with van der Waals surface area (Å²) in [7, 11) is 1.59.